The van der Waals surface area contributed by atoms with Gasteiger partial charge in [0.15, 0.2) is 0 Å². The molecule has 1 N–H and O–H groups in total. The summed E-state index contributed by atoms with van der Waals surface area (Å²) in [5.74, 6) is 0.406. The zero-order chi connectivity index (χ0) is 14.5. The van der Waals surface area contributed by atoms with Gasteiger partial charge in [-0.1, -0.05) is 48.9 Å². The number of rotatable bonds is 6. The second kappa shape index (κ2) is 6.91. The monoisotopic (exact) mass is 291 g/mol. The maximum absolute atomic E-state index is 6.38. The number of benzene rings is 1. The van der Waals surface area contributed by atoms with E-state index in [0.29, 0.717) is 5.92 Å². The topological polar surface area (TPSA) is 29.9 Å². The van der Waals surface area contributed by atoms with Crippen molar-refractivity contribution in [3.63, 3.8) is 0 Å². The van der Waals surface area contributed by atoms with E-state index in [1.165, 1.54) is 5.56 Å². The van der Waals surface area contributed by atoms with Crippen molar-refractivity contribution in [2.24, 2.45) is 7.05 Å². The van der Waals surface area contributed by atoms with Gasteiger partial charge >= 0.3 is 0 Å². The summed E-state index contributed by atoms with van der Waals surface area (Å²) in [7, 11) is 1.96. The van der Waals surface area contributed by atoms with E-state index >= 15 is 0 Å². The molecule has 0 radical (unpaired) electrons. The molecule has 4 heteroatoms. The minimum Gasteiger partial charge on any atom is -0.316 e. The Morgan fingerprint density at radius 2 is 2.00 bits per heavy atom. The molecule has 2 aromatic rings. The third-order valence-corrected chi connectivity index (χ3v) is 4.10. The van der Waals surface area contributed by atoms with E-state index in [1.807, 2.05) is 18.7 Å². The third kappa shape index (κ3) is 3.41. The van der Waals surface area contributed by atoms with Crippen LogP contribution in [0.1, 0.15) is 29.8 Å². The first-order chi connectivity index (χ1) is 9.63. The fourth-order valence-corrected chi connectivity index (χ4v) is 2.72. The molecule has 1 atom stereocenters. The zero-order valence-electron chi connectivity index (χ0n) is 12.4. The van der Waals surface area contributed by atoms with Crippen LogP contribution in [-0.4, -0.2) is 22.9 Å². The first kappa shape index (κ1) is 15.1. The number of hydrogen-bond acceptors (Lipinski definition) is 2. The Hall–Kier alpha value is -1.32. The van der Waals surface area contributed by atoms with Crippen molar-refractivity contribution in [2.45, 2.75) is 26.2 Å². The van der Waals surface area contributed by atoms with Crippen LogP contribution in [0.2, 0.25) is 5.02 Å². The van der Waals surface area contributed by atoms with Crippen molar-refractivity contribution in [1.82, 2.24) is 15.1 Å². The molecular formula is C16H22ClN3. The lowest BCUT2D eigenvalue weighted by molar-refractivity contribution is 0.570. The van der Waals surface area contributed by atoms with Gasteiger partial charge in [-0.05, 0) is 25.5 Å². The van der Waals surface area contributed by atoms with Gasteiger partial charge in [0.1, 0.15) is 0 Å². The van der Waals surface area contributed by atoms with Crippen LogP contribution in [0, 0.1) is 6.92 Å². The zero-order valence-corrected chi connectivity index (χ0v) is 13.1. The highest BCUT2D eigenvalue weighted by atomic mass is 35.5. The Morgan fingerprint density at radius 1 is 1.30 bits per heavy atom. The van der Waals surface area contributed by atoms with Crippen molar-refractivity contribution in [3.05, 3.63) is 52.3 Å². The molecule has 1 unspecified atom stereocenters. The number of hydrogen-bond donors (Lipinski definition) is 1. The van der Waals surface area contributed by atoms with Gasteiger partial charge in [-0.2, -0.15) is 5.10 Å². The second-order valence-electron chi connectivity index (χ2n) is 5.09. The number of likely N-dealkylation sites (N-methyl/N-ethyl adjacent to an activating group) is 1. The summed E-state index contributed by atoms with van der Waals surface area (Å²) in [6, 6.07) is 10.6. The summed E-state index contributed by atoms with van der Waals surface area (Å²) in [4.78, 5) is 0. The lowest BCUT2D eigenvalue weighted by Gasteiger charge is -2.18. The van der Waals surface area contributed by atoms with Crippen LogP contribution >= 0.6 is 11.6 Å². The molecule has 2 rings (SSSR count). The lowest BCUT2D eigenvalue weighted by Crippen LogP contribution is -2.23. The molecule has 1 aromatic carbocycles. The molecule has 0 amide bonds. The molecule has 108 valence electrons. The first-order valence-electron chi connectivity index (χ1n) is 7.07. The number of aryl methyl sites for hydroxylation is 2. The Morgan fingerprint density at radius 3 is 2.55 bits per heavy atom. The van der Waals surface area contributed by atoms with E-state index < -0.39 is 0 Å². The first-order valence-corrected chi connectivity index (χ1v) is 7.44. The fraction of sp³-hybridized carbons (Fsp3) is 0.438. The van der Waals surface area contributed by atoms with Crippen molar-refractivity contribution in [1.29, 1.82) is 0 Å². The van der Waals surface area contributed by atoms with Crippen LogP contribution in [0.4, 0.5) is 0 Å². The number of halogens is 1. The molecule has 1 heterocycles. The minimum absolute atomic E-state index is 0.406. The Bertz CT molecular complexity index is 548. The summed E-state index contributed by atoms with van der Waals surface area (Å²) in [6.45, 7) is 6.00. The van der Waals surface area contributed by atoms with Crippen molar-refractivity contribution in [2.75, 3.05) is 13.1 Å². The van der Waals surface area contributed by atoms with E-state index in [-0.39, 0.29) is 0 Å². The molecule has 0 aliphatic carbocycles. The number of nitrogens with one attached hydrogen (secondary N) is 1. The largest absolute Gasteiger partial charge is 0.316 e. The quantitative estimate of drug-likeness (QED) is 0.885. The van der Waals surface area contributed by atoms with Crippen LogP contribution in [-0.2, 0) is 13.5 Å². The summed E-state index contributed by atoms with van der Waals surface area (Å²) in [5.41, 5.74) is 3.35. The Balaban J connectivity index is 2.24. The molecule has 3 nitrogen and oxygen atoms in total. The standard InChI is InChI=1S/C16H22ClN3/c1-4-18-11-14(13-8-6-5-7-9-13)10-15-16(17)12(2)19-20(15)3/h5-9,14,18H,4,10-11H2,1-3H3. The van der Waals surface area contributed by atoms with Crippen LogP contribution in [0.25, 0.3) is 0 Å². The predicted octanol–water partition coefficient (Wildman–Crippen LogP) is 3.32. The number of nitrogens with zero attached hydrogens (tertiary/aromatic N) is 2. The predicted molar refractivity (Wildman–Crippen MR) is 84.4 cm³/mol. The van der Waals surface area contributed by atoms with Crippen molar-refractivity contribution < 1.29 is 0 Å². The van der Waals surface area contributed by atoms with E-state index in [1.54, 1.807) is 0 Å². The fourth-order valence-electron chi connectivity index (χ4n) is 2.49. The molecule has 0 saturated heterocycles. The van der Waals surface area contributed by atoms with Gasteiger partial charge < -0.3 is 5.32 Å². The smallest absolute Gasteiger partial charge is 0.0847 e. The average Bonchev–Trinajstić information content (AvgIpc) is 2.70. The molecule has 0 aliphatic rings. The average molecular weight is 292 g/mol. The van der Waals surface area contributed by atoms with Crippen molar-refractivity contribution in [3.8, 4) is 0 Å². The van der Waals surface area contributed by atoms with Gasteiger partial charge in [-0.3, -0.25) is 4.68 Å². The molecule has 0 fully saturated rings. The summed E-state index contributed by atoms with van der Waals surface area (Å²) >= 11 is 6.38. The summed E-state index contributed by atoms with van der Waals surface area (Å²) in [5, 5.41) is 8.64. The maximum atomic E-state index is 6.38. The maximum Gasteiger partial charge on any atom is 0.0847 e. The highest BCUT2D eigenvalue weighted by Gasteiger charge is 2.18. The lowest BCUT2D eigenvalue weighted by atomic mass is 9.94. The molecule has 1 aromatic heterocycles. The second-order valence-corrected chi connectivity index (χ2v) is 5.47. The Labute approximate surface area is 126 Å². The molecule has 0 aliphatic heterocycles. The molecular weight excluding hydrogens is 270 g/mol. The van der Waals surface area contributed by atoms with Crippen LogP contribution in [0.3, 0.4) is 0 Å². The highest BCUT2D eigenvalue weighted by Crippen LogP contribution is 2.26. The van der Waals surface area contributed by atoms with Gasteiger partial charge in [0.25, 0.3) is 0 Å². The van der Waals surface area contributed by atoms with Gasteiger partial charge in [-0.25, -0.2) is 0 Å². The van der Waals surface area contributed by atoms with Gasteiger partial charge in [0, 0.05) is 19.5 Å². The Kier molecular flexibility index (Phi) is 5.21. The van der Waals surface area contributed by atoms with Gasteiger partial charge in [0.2, 0.25) is 0 Å². The number of aromatic nitrogens is 2. The van der Waals surface area contributed by atoms with Gasteiger partial charge in [0.05, 0.1) is 16.4 Å². The highest BCUT2D eigenvalue weighted by molar-refractivity contribution is 6.31. The van der Waals surface area contributed by atoms with E-state index in [0.717, 1.165) is 35.9 Å². The minimum atomic E-state index is 0.406. The van der Waals surface area contributed by atoms with Gasteiger partial charge in [-0.15, -0.1) is 0 Å². The molecule has 0 saturated carbocycles. The molecule has 20 heavy (non-hydrogen) atoms. The summed E-state index contributed by atoms with van der Waals surface area (Å²) in [6.07, 6.45) is 0.896. The molecule has 0 spiro atoms. The van der Waals surface area contributed by atoms with E-state index in [9.17, 15) is 0 Å². The van der Waals surface area contributed by atoms with Crippen LogP contribution in [0.5, 0.6) is 0 Å². The van der Waals surface area contributed by atoms with Crippen LogP contribution < -0.4 is 5.32 Å². The normalized spacial score (nSPS) is 12.6. The third-order valence-electron chi connectivity index (χ3n) is 3.61. The summed E-state index contributed by atoms with van der Waals surface area (Å²) < 4.78 is 1.90. The van der Waals surface area contributed by atoms with Crippen LogP contribution in [0.15, 0.2) is 30.3 Å². The SMILES string of the molecule is CCNCC(Cc1c(Cl)c(C)nn1C)c1ccccc1. The molecule has 0 bridgehead atoms. The van der Waals surface area contributed by atoms with Crippen molar-refractivity contribution >= 4 is 11.6 Å². The van der Waals surface area contributed by atoms with E-state index in [4.69, 9.17) is 11.6 Å². The van der Waals surface area contributed by atoms with E-state index in [2.05, 4.69) is 47.7 Å².